The molecule has 0 amide bonds. The van der Waals surface area contributed by atoms with Crippen molar-refractivity contribution in [3.63, 3.8) is 0 Å². The molecule has 0 radical (unpaired) electrons. The summed E-state index contributed by atoms with van der Waals surface area (Å²) in [5.41, 5.74) is 7.98. The van der Waals surface area contributed by atoms with Crippen molar-refractivity contribution < 1.29 is 0 Å². The number of benzene rings is 1. The lowest BCUT2D eigenvalue weighted by Crippen LogP contribution is -2.25. The molecule has 10 heteroatoms. The average Bonchev–Trinajstić information content (AvgIpc) is 3.05. The molecular formula is C21H15ClIN7O. The number of aryl methyl sites for hydroxylation is 1. The van der Waals surface area contributed by atoms with Crippen LogP contribution in [0.15, 0.2) is 53.7 Å². The Bertz CT molecular complexity index is 1540. The van der Waals surface area contributed by atoms with Gasteiger partial charge in [0.05, 0.1) is 28.0 Å². The fourth-order valence-electron chi connectivity index (χ4n) is 3.73. The molecule has 4 heterocycles. The Morgan fingerprint density at radius 2 is 1.97 bits per heavy atom. The molecule has 154 valence electrons. The van der Waals surface area contributed by atoms with Crippen LogP contribution in [-0.4, -0.2) is 29.3 Å². The van der Waals surface area contributed by atoms with Crippen LogP contribution < -0.4 is 11.3 Å². The number of rotatable bonds is 3. The van der Waals surface area contributed by atoms with Crippen LogP contribution in [0.3, 0.4) is 0 Å². The Kier molecular flexibility index (Phi) is 4.86. The van der Waals surface area contributed by atoms with E-state index in [0.717, 1.165) is 10.9 Å². The molecule has 0 saturated heterocycles. The maximum Gasteiger partial charge on any atom is 0.264 e. The van der Waals surface area contributed by atoms with Crippen LogP contribution in [0.1, 0.15) is 11.3 Å². The Labute approximate surface area is 194 Å². The first-order valence-electron chi connectivity index (χ1n) is 9.33. The van der Waals surface area contributed by atoms with E-state index in [0.29, 0.717) is 42.5 Å². The number of hydrogen-bond acceptors (Lipinski definition) is 6. The quantitative estimate of drug-likeness (QED) is 0.348. The largest absolute Gasteiger partial charge is 0.383 e. The van der Waals surface area contributed by atoms with Gasteiger partial charge in [0.15, 0.2) is 11.5 Å². The van der Waals surface area contributed by atoms with E-state index in [1.165, 1.54) is 6.33 Å². The monoisotopic (exact) mass is 543 g/mol. The van der Waals surface area contributed by atoms with Crippen molar-refractivity contribution in [2.45, 2.75) is 13.5 Å². The number of nitrogens with zero attached hydrogens (tertiary/aromatic N) is 6. The minimum absolute atomic E-state index is 0.188. The number of fused-ring (bicyclic) bond motifs is 2. The van der Waals surface area contributed by atoms with Gasteiger partial charge in [-0.1, -0.05) is 29.8 Å². The molecule has 5 rings (SSSR count). The number of nitrogen functional groups attached to an aromatic ring is 1. The predicted molar refractivity (Wildman–Crippen MR) is 129 cm³/mol. The topological polar surface area (TPSA) is 105 Å². The maximum atomic E-state index is 13.6. The summed E-state index contributed by atoms with van der Waals surface area (Å²) >= 11 is 8.54. The second-order valence-corrected chi connectivity index (χ2v) is 8.46. The molecule has 4 aromatic heterocycles. The number of pyridine rings is 2. The van der Waals surface area contributed by atoms with Gasteiger partial charge < -0.3 is 5.73 Å². The predicted octanol–water partition coefficient (Wildman–Crippen LogP) is 3.72. The van der Waals surface area contributed by atoms with Crippen LogP contribution >= 0.6 is 34.2 Å². The Hall–Kier alpha value is -3.05. The highest BCUT2D eigenvalue weighted by Gasteiger charge is 2.19. The summed E-state index contributed by atoms with van der Waals surface area (Å²) < 4.78 is 3.94. The van der Waals surface area contributed by atoms with E-state index in [9.17, 15) is 4.79 Å². The Morgan fingerprint density at radius 1 is 1.13 bits per heavy atom. The van der Waals surface area contributed by atoms with E-state index in [1.54, 1.807) is 27.6 Å². The SMILES string of the molecule is Cc1cccc2cc(Cn3nc(I)c4c(N)ncnc43)n(-c3ncccc3Cl)c(=O)c12. The molecule has 0 aliphatic rings. The molecule has 0 bridgehead atoms. The standard InChI is InChI=1S/C21H15ClIN7O/c1-11-4-2-5-12-8-13(9-29-20-16(17(23)28-29)18(24)26-10-27-20)30(21(31)15(11)12)19-14(22)6-3-7-25-19/h2-8,10H,9H2,1H3,(H2,24,26,27). The maximum absolute atomic E-state index is 13.6. The molecule has 0 aliphatic carbocycles. The molecule has 0 aliphatic heterocycles. The van der Waals surface area contributed by atoms with Crippen molar-refractivity contribution in [2.75, 3.05) is 5.73 Å². The number of hydrogen-bond donors (Lipinski definition) is 1. The van der Waals surface area contributed by atoms with Gasteiger partial charge >= 0.3 is 0 Å². The smallest absolute Gasteiger partial charge is 0.264 e. The van der Waals surface area contributed by atoms with Gasteiger partial charge in [-0.25, -0.2) is 19.6 Å². The van der Waals surface area contributed by atoms with Gasteiger partial charge in [-0.15, -0.1) is 0 Å². The van der Waals surface area contributed by atoms with Crippen LogP contribution in [0.25, 0.3) is 27.6 Å². The van der Waals surface area contributed by atoms with Crippen LogP contribution in [0.4, 0.5) is 5.82 Å². The van der Waals surface area contributed by atoms with Crippen molar-refractivity contribution >= 4 is 61.8 Å². The lowest BCUT2D eigenvalue weighted by molar-refractivity contribution is 0.662. The number of aromatic nitrogens is 6. The lowest BCUT2D eigenvalue weighted by atomic mass is 10.1. The van der Waals surface area contributed by atoms with Gasteiger partial charge in [-0.3, -0.25) is 9.36 Å². The van der Waals surface area contributed by atoms with Gasteiger partial charge in [-0.05, 0) is 58.7 Å². The summed E-state index contributed by atoms with van der Waals surface area (Å²) in [7, 11) is 0. The summed E-state index contributed by atoms with van der Waals surface area (Å²) in [6.07, 6.45) is 3.01. The minimum Gasteiger partial charge on any atom is -0.383 e. The number of halogens is 2. The third-order valence-electron chi connectivity index (χ3n) is 5.11. The fraction of sp³-hybridized carbons (Fsp3) is 0.0952. The molecule has 1 aromatic carbocycles. The molecule has 0 fully saturated rings. The van der Waals surface area contributed by atoms with Gasteiger partial charge in [0.2, 0.25) is 0 Å². The van der Waals surface area contributed by atoms with Crippen molar-refractivity contribution in [1.82, 2.24) is 29.3 Å². The zero-order valence-electron chi connectivity index (χ0n) is 16.3. The normalized spacial score (nSPS) is 11.5. The zero-order valence-corrected chi connectivity index (χ0v) is 19.2. The van der Waals surface area contributed by atoms with E-state index >= 15 is 0 Å². The van der Waals surface area contributed by atoms with E-state index in [1.807, 2.05) is 31.2 Å². The third kappa shape index (κ3) is 3.24. The molecule has 5 aromatic rings. The highest BCUT2D eigenvalue weighted by atomic mass is 127. The van der Waals surface area contributed by atoms with Gasteiger partial charge in [0.1, 0.15) is 15.8 Å². The highest BCUT2D eigenvalue weighted by Crippen LogP contribution is 2.26. The van der Waals surface area contributed by atoms with Gasteiger partial charge in [-0.2, -0.15) is 5.10 Å². The summed E-state index contributed by atoms with van der Waals surface area (Å²) in [6.45, 7) is 2.18. The van der Waals surface area contributed by atoms with Crippen LogP contribution in [0.2, 0.25) is 5.02 Å². The van der Waals surface area contributed by atoms with Crippen molar-refractivity contribution in [3.05, 3.63) is 79.3 Å². The molecule has 31 heavy (non-hydrogen) atoms. The third-order valence-corrected chi connectivity index (χ3v) is 6.16. The van der Waals surface area contributed by atoms with E-state index in [4.69, 9.17) is 17.3 Å². The molecule has 0 saturated carbocycles. The van der Waals surface area contributed by atoms with Crippen molar-refractivity contribution in [1.29, 1.82) is 0 Å². The van der Waals surface area contributed by atoms with E-state index in [2.05, 4.69) is 42.6 Å². The zero-order chi connectivity index (χ0) is 21.7. The van der Waals surface area contributed by atoms with Crippen molar-refractivity contribution in [2.24, 2.45) is 0 Å². The number of anilines is 1. The van der Waals surface area contributed by atoms with Crippen molar-refractivity contribution in [3.8, 4) is 5.82 Å². The Balaban J connectivity index is 1.82. The first-order chi connectivity index (χ1) is 15.0. The van der Waals surface area contributed by atoms with Crippen LogP contribution in [-0.2, 0) is 6.54 Å². The van der Waals surface area contributed by atoms with Crippen LogP contribution in [0.5, 0.6) is 0 Å². The molecule has 0 spiro atoms. The van der Waals surface area contributed by atoms with Crippen LogP contribution in [0, 0.1) is 10.6 Å². The average molecular weight is 544 g/mol. The molecular weight excluding hydrogens is 529 g/mol. The molecule has 8 nitrogen and oxygen atoms in total. The second-order valence-electron chi connectivity index (χ2n) is 7.03. The van der Waals surface area contributed by atoms with Gasteiger partial charge in [0.25, 0.3) is 5.56 Å². The van der Waals surface area contributed by atoms with Gasteiger partial charge in [0, 0.05) is 6.20 Å². The summed E-state index contributed by atoms with van der Waals surface area (Å²) in [5, 5.41) is 7.11. The second kappa shape index (κ2) is 7.57. The minimum atomic E-state index is -0.188. The van der Waals surface area contributed by atoms with E-state index < -0.39 is 0 Å². The number of nitrogens with two attached hydrogens (primary N) is 1. The fourth-order valence-corrected chi connectivity index (χ4v) is 4.71. The van der Waals surface area contributed by atoms with E-state index in [-0.39, 0.29) is 12.1 Å². The molecule has 0 unspecified atom stereocenters. The summed E-state index contributed by atoms with van der Waals surface area (Å²) in [6, 6.07) is 11.2. The first-order valence-corrected chi connectivity index (χ1v) is 10.8. The summed E-state index contributed by atoms with van der Waals surface area (Å²) in [4.78, 5) is 26.4. The Morgan fingerprint density at radius 3 is 2.77 bits per heavy atom. The molecule has 0 atom stereocenters. The first kappa shape index (κ1) is 19.9. The lowest BCUT2D eigenvalue weighted by Gasteiger charge is -2.16. The summed E-state index contributed by atoms with van der Waals surface area (Å²) in [5.74, 6) is 0.731. The highest BCUT2D eigenvalue weighted by molar-refractivity contribution is 14.1. The molecule has 2 N–H and O–H groups in total.